The number of nitrogens with zero attached hydrogens (tertiary/aromatic N) is 1. The Morgan fingerprint density at radius 3 is 2.07 bits per heavy atom. The first-order valence-corrected chi connectivity index (χ1v) is 10.6. The zero-order valence-electron chi connectivity index (χ0n) is 17.1. The SMILES string of the molecule is CCN(CC)CCOc1ccc(/C(=C/c2ccc(Cl)cc2)c2ccccc2)cc1. The minimum Gasteiger partial charge on any atom is -0.492 e. The quantitative estimate of drug-likeness (QED) is 0.369. The maximum atomic E-state index is 6.04. The van der Waals surface area contributed by atoms with Gasteiger partial charge in [0.25, 0.3) is 0 Å². The molecule has 0 bridgehead atoms. The van der Waals surface area contributed by atoms with Crippen LogP contribution in [0.25, 0.3) is 11.6 Å². The molecule has 0 radical (unpaired) electrons. The summed E-state index contributed by atoms with van der Waals surface area (Å²) in [4.78, 5) is 2.36. The highest BCUT2D eigenvalue weighted by Crippen LogP contribution is 2.28. The van der Waals surface area contributed by atoms with E-state index >= 15 is 0 Å². The lowest BCUT2D eigenvalue weighted by molar-refractivity contribution is 0.223. The minimum atomic E-state index is 0.702. The number of ether oxygens (including phenoxy) is 1. The largest absolute Gasteiger partial charge is 0.492 e. The Balaban J connectivity index is 1.80. The summed E-state index contributed by atoms with van der Waals surface area (Å²) < 4.78 is 5.94. The van der Waals surface area contributed by atoms with Gasteiger partial charge in [-0.3, -0.25) is 0 Å². The van der Waals surface area contributed by atoms with E-state index in [1.54, 1.807) is 0 Å². The van der Waals surface area contributed by atoms with Crippen LogP contribution in [0.15, 0.2) is 78.9 Å². The van der Waals surface area contributed by atoms with Gasteiger partial charge in [0.05, 0.1) is 0 Å². The number of benzene rings is 3. The third kappa shape index (κ3) is 6.22. The molecule has 150 valence electrons. The van der Waals surface area contributed by atoms with E-state index in [0.717, 1.165) is 41.5 Å². The Morgan fingerprint density at radius 1 is 0.828 bits per heavy atom. The molecule has 0 aromatic heterocycles. The molecule has 2 nitrogen and oxygen atoms in total. The van der Waals surface area contributed by atoms with Gasteiger partial charge >= 0.3 is 0 Å². The van der Waals surface area contributed by atoms with Gasteiger partial charge in [-0.2, -0.15) is 0 Å². The fourth-order valence-corrected chi connectivity index (χ4v) is 3.37. The molecule has 0 fully saturated rings. The first-order chi connectivity index (χ1) is 14.2. The molecule has 0 atom stereocenters. The van der Waals surface area contributed by atoms with E-state index in [1.165, 1.54) is 11.1 Å². The molecule has 0 saturated heterocycles. The second kappa shape index (κ2) is 10.8. The van der Waals surface area contributed by atoms with Crippen molar-refractivity contribution in [3.63, 3.8) is 0 Å². The van der Waals surface area contributed by atoms with Crippen LogP contribution in [0.5, 0.6) is 5.75 Å². The van der Waals surface area contributed by atoms with Gasteiger partial charge < -0.3 is 9.64 Å². The molecule has 0 unspecified atom stereocenters. The third-order valence-electron chi connectivity index (χ3n) is 5.00. The first-order valence-electron chi connectivity index (χ1n) is 10.2. The average molecular weight is 406 g/mol. The van der Waals surface area contributed by atoms with Gasteiger partial charge in [0.1, 0.15) is 12.4 Å². The number of likely N-dealkylation sites (N-methyl/N-ethyl adjacent to an activating group) is 1. The Labute approximate surface area is 179 Å². The first kappa shape index (κ1) is 21.2. The lowest BCUT2D eigenvalue weighted by Gasteiger charge is -2.18. The average Bonchev–Trinajstić information content (AvgIpc) is 2.77. The summed E-state index contributed by atoms with van der Waals surface area (Å²) in [5.74, 6) is 0.903. The van der Waals surface area contributed by atoms with Crippen molar-refractivity contribution in [2.24, 2.45) is 0 Å². The number of hydrogen-bond acceptors (Lipinski definition) is 2. The fraction of sp³-hybridized carbons (Fsp3) is 0.231. The van der Waals surface area contributed by atoms with Gasteiger partial charge in [0.15, 0.2) is 0 Å². The molecule has 0 aliphatic rings. The van der Waals surface area contributed by atoms with Crippen LogP contribution >= 0.6 is 11.6 Å². The number of rotatable bonds is 9. The maximum Gasteiger partial charge on any atom is 0.119 e. The Bertz CT molecular complexity index is 898. The standard InChI is InChI=1S/C26H28ClNO/c1-3-28(4-2)18-19-29-25-16-12-23(13-17-25)26(22-8-6-5-7-9-22)20-21-10-14-24(27)15-11-21/h5-17,20H,3-4,18-19H2,1-2H3/b26-20+. The zero-order valence-corrected chi connectivity index (χ0v) is 17.9. The fourth-order valence-electron chi connectivity index (χ4n) is 3.24. The van der Waals surface area contributed by atoms with Crippen molar-refractivity contribution in [3.8, 4) is 5.75 Å². The summed E-state index contributed by atoms with van der Waals surface area (Å²) >= 11 is 6.04. The summed E-state index contributed by atoms with van der Waals surface area (Å²) in [5, 5.41) is 0.745. The minimum absolute atomic E-state index is 0.702. The van der Waals surface area contributed by atoms with Gasteiger partial charge in [-0.1, -0.05) is 80.0 Å². The van der Waals surface area contributed by atoms with Crippen molar-refractivity contribution >= 4 is 23.3 Å². The summed E-state index contributed by atoms with van der Waals surface area (Å²) in [6.45, 7) is 8.10. The van der Waals surface area contributed by atoms with Crippen LogP contribution in [-0.2, 0) is 0 Å². The normalized spacial score (nSPS) is 11.7. The summed E-state index contributed by atoms with van der Waals surface area (Å²) in [7, 11) is 0. The van der Waals surface area contributed by atoms with E-state index in [0.29, 0.717) is 6.61 Å². The Hall–Kier alpha value is -2.55. The van der Waals surface area contributed by atoms with E-state index in [9.17, 15) is 0 Å². The molecule has 29 heavy (non-hydrogen) atoms. The molecule has 3 heteroatoms. The zero-order chi connectivity index (χ0) is 20.5. The van der Waals surface area contributed by atoms with Gasteiger partial charge in [0, 0.05) is 11.6 Å². The molecule has 3 aromatic carbocycles. The van der Waals surface area contributed by atoms with Gasteiger partial charge in [-0.05, 0) is 65.7 Å². The van der Waals surface area contributed by atoms with E-state index < -0.39 is 0 Å². The molecule has 0 amide bonds. The summed E-state index contributed by atoms with van der Waals surface area (Å²) in [5.41, 5.74) is 4.62. The predicted molar refractivity (Wildman–Crippen MR) is 125 cm³/mol. The van der Waals surface area contributed by atoms with Crippen molar-refractivity contribution in [3.05, 3.63) is 101 Å². The molecule has 0 spiro atoms. The lowest BCUT2D eigenvalue weighted by Crippen LogP contribution is -2.27. The van der Waals surface area contributed by atoms with Crippen LogP contribution < -0.4 is 4.74 Å². The molecular weight excluding hydrogens is 378 g/mol. The van der Waals surface area contributed by atoms with E-state index in [-0.39, 0.29) is 0 Å². The number of hydrogen-bond donors (Lipinski definition) is 0. The highest BCUT2D eigenvalue weighted by atomic mass is 35.5. The van der Waals surface area contributed by atoms with Crippen LogP contribution in [0, 0.1) is 0 Å². The molecule has 0 N–H and O–H groups in total. The topological polar surface area (TPSA) is 12.5 Å². The van der Waals surface area contributed by atoms with E-state index in [1.807, 2.05) is 30.3 Å². The molecule has 0 aliphatic carbocycles. The lowest BCUT2D eigenvalue weighted by atomic mass is 9.95. The molecule has 3 aromatic rings. The molecule has 0 saturated carbocycles. The Kier molecular flexibility index (Phi) is 7.92. The van der Waals surface area contributed by atoms with Crippen molar-refractivity contribution in [1.82, 2.24) is 4.90 Å². The summed E-state index contributed by atoms with van der Waals surface area (Å²) in [6.07, 6.45) is 2.20. The van der Waals surface area contributed by atoms with Gasteiger partial charge in [0.2, 0.25) is 0 Å². The van der Waals surface area contributed by atoms with Crippen LogP contribution in [0.3, 0.4) is 0 Å². The summed E-state index contributed by atoms with van der Waals surface area (Å²) in [6, 6.07) is 26.7. The molecule has 3 rings (SSSR count). The van der Waals surface area contributed by atoms with Crippen molar-refractivity contribution in [2.75, 3.05) is 26.2 Å². The molecule has 0 aliphatic heterocycles. The molecule has 0 heterocycles. The van der Waals surface area contributed by atoms with Crippen LogP contribution in [-0.4, -0.2) is 31.1 Å². The maximum absolute atomic E-state index is 6.04. The van der Waals surface area contributed by atoms with E-state index in [2.05, 4.69) is 73.4 Å². The second-order valence-electron chi connectivity index (χ2n) is 6.88. The smallest absolute Gasteiger partial charge is 0.119 e. The second-order valence-corrected chi connectivity index (χ2v) is 7.31. The third-order valence-corrected chi connectivity index (χ3v) is 5.25. The monoisotopic (exact) mass is 405 g/mol. The van der Waals surface area contributed by atoms with Gasteiger partial charge in [-0.15, -0.1) is 0 Å². The van der Waals surface area contributed by atoms with Crippen molar-refractivity contribution < 1.29 is 4.74 Å². The van der Waals surface area contributed by atoms with Crippen LogP contribution in [0.4, 0.5) is 0 Å². The molecular formula is C26H28ClNO. The number of halogens is 1. The van der Waals surface area contributed by atoms with Gasteiger partial charge in [-0.25, -0.2) is 0 Å². The van der Waals surface area contributed by atoms with Crippen molar-refractivity contribution in [1.29, 1.82) is 0 Å². The van der Waals surface area contributed by atoms with Crippen molar-refractivity contribution in [2.45, 2.75) is 13.8 Å². The van der Waals surface area contributed by atoms with E-state index in [4.69, 9.17) is 16.3 Å². The predicted octanol–water partition coefficient (Wildman–Crippen LogP) is 6.65. The highest BCUT2D eigenvalue weighted by Gasteiger charge is 2.07. The van der Waals surface area contributed by atoms with Crippen LogP contribution in [0.2, 0.25) is 5.02 Å². The Morgan fingerprint density at radius 2 is 1.45 bits per heavy atom. The highest BCUT2D eigenvalue weighted by molar-refractivity contribution is 6.30. The van der Waals surface area contributed by atoms with Crippen LogP contribution in [0.1, 0.15) is 30.5 Å².